The van der Waals surface area contributed by atoms with Gasteiger partial charge >= 0.3 is 0 Å². The van der Waals surface area contributed by atoms with Crippen LogP contribution in [0.4, 0.5) is 5.69 Å². The monoisotopic (exact) mass is 237 g/mol. The smallest absolute Gasteiger partial charge is 0.181 e. The van der Waals surface area contributed by atoms with Gasteiger partial charge in [-0.1, -0.05) is 23.7 Å². The molecule has 0 atom stereocenters. The van der Waals surface area contributed by atoms with Crippen LogP contribution in [0.3, 0.4) is 0 Å². The Hall–Kier alpha value is -1.68. The minimum absolute atomic E-state index is 0.0971. The number of hydrogen-bond acceptors (Lipinski definition) is 4. The van der Waals surface area contributed by atoms with Crippen molar-refractivity contribution in [3.8, 4) is 0 Å². The lowest BCUT2D eigenvalue weighted by Crippen LogP contribution is -2.20. The fraction of sp³-hybridized carbons (Fsp3) is 0.182. The van der Waals surface area contributed by atoms with Crippen LogP contribution in [-0.2, 0) is 4.79 Å². The van der Waals surface area contributed by atoms with Gasteiger partial charge < -0.3 is 5.41 Å². The molecular weight excluding hydrogens is 226 g/mol. The summed E-state index contributed by atoms with van der Waals surface area (Å²) >= 11 is 5.90. The van der Waals surface area contributed by atoms with Crippen molar-refractivity contribution in [1.29, 1.82) is 5.41 Å². The summed E-state index contributed by atoms with van der Waals surface area (Å²) in [5, 5.41) is 11.7. The normalized spacial score (nSPS) is 11.1. The molecule has 1 aromatic rings. The van der Waals surface area contributed by atoms with Gasteiger partial charge in [-0.3, -0.25) is 10.2 Å². The van der Waals surface area contributed by atoms with Crippen LogP contribution in [0.15, 0.2) is 29.4 Å². The van der Waals surface area contributed by atoms with Crippen molar-refractivity contribution >= 4 is 34.5 Å². The Bertz CT molecular complexity index is 438. The summed E-state index contributed by atoms with van der Waals surface area (Å²) in [6.07, 6.45) is 0. The second-order valence-corrected chi connectivity index (χ2v) is 3.64. The van der Waals surface area contributed by atoms with E-state index in [0.29, 0.717) is 10.7 Å². The molecule has 0 fully saturated rings. The van der Waals surface area contributed by atoms with E-state index in [1.807, 2.05) is 0 Å². The maximum atomic E-state index is 11.1. The van der Waals surface area contributed by atoms with Gasteiger partial charge in [0.25, 0.3) is 0 Å². The van der Waals surface area contributed by atoms with Gasteiger partial charge in [-0.2, -0.15) is 5.10 Å². The minimum atomic E-state index is -0.257. The molecule has 0 saturated heterocycles. The molecule has 0 amide bonds. The number of nitrogens with zero attached hydrogens (tertiary/aromatic N) is 1. The van der Waals surface area contributed by atoms with Gasteiger partial charge in [0.15, 0.2) is 5.78 Å². The average molecular weight is 238 g/mol. The van der Waals surface area contributed by atoms with E-state index in [2.05, 4.69) is 10.5 Å². The van der Waals surface area contributed by atoms with E-state index >= 15 is 0 Å². The second-order valence-electron chi connectivity index (χ2n) is 3.23. The van der Waals surface area contributed by atoms with Gasteiger partial charge in [0.2, 0.25) is 0 Å². The summed E-state index contributed by atoms with van der Waals surface area (Å²) < 4.78 is 0. The lowest BCUT2D eigenvalue weighted by molar-refractivity contribution is -0.110. The first-order valence-electron chi connectivity index (χ1n) is 4.67. The van der Waals surface area contributed by atoms with Crippen LogP contribution >= 0.6 is 11.6 Å². The second kappa shape index (κ2) is 5.42. The summed E-state index contributed by atoms with van der Waals surface area (Å²) in [5.74, 6) is -0.257. The zero-order valence-electron chi connectivity index (χ0n) is 9.04. The molecule has 4 nitrogen and oxygen atoms in total. The van der Waals surface area contributed by atoms with Crippen LogP contribution in [0.5, 0.6) is 0 Å². The Labute approximate surface area is 98.8 Å². The van der Waals surface area contributed by atoms with Gasteiger partial charge in [0.05, 0.1) is 16.4 Å². The third-order valence-corrected chi connectivity index (χ3v) is 2.18. The molecule has 0 aliphatic heterocycles. The van der Waals surface area contributed by atoms with Crippen LogP contribution < -0.4 is 5.43 Å². The SMILES string of the molecule is CC(=N)/C(=N\Nc1ccccc1Cl)C(C)=O. The molecule has 0 saturated carbocycles. The average Bonchev–Trinajstić information content (AvgIpc) is 2.20. The van der Waals surface area contributed by atoms with Crippen molar-refractivity contribution in [2.24, 2.45) is 5.10 Å². The first-order valence-corrected chi connectivity index (χ1v) is 5.05. The van der Waals surface area contributed by atoms with Gasteiger partial charge in [0.1, 0.15) is 5.71 Å². The molecule has 1 aromatic carbocycles. The summed E-state index contributed by atoms with van der Waals surface area (Å²) in [5.41, 5.74) is 3.49. The van der Waals surface area contributed by atoms with Crippen molar-refractivity contribution in [3.63, 3.8) is 0 Å². The number of carbonyl (C=O) groups excluding carboxylic acids is 1. The van der Waals surface area contributed by atoms with Gasteiger partial charge in [0, 0.05) is 6.92 Å². The first kappa shape index (κ1) is 12.4. The zero-order chi connectivity index (χ0) is 12.1. The third-order valence-electron chi connectivity index (χ3n) is 1.85. The predicted molar refractivity (Wildman–Crippen MR) is 66.6 cm³/mol. The molecule has 1 rings (SSSR count). The van der Waals surface area contributed by atoms with Crippen molar-refractivity contribution in [2.45, 2.75) is 13.8 Å². The number of Topliss-reactive ketones (excluding diaryl/α,β-unsaturated/α-hetero) is 1. The van der Waals surface area contributed by atoms with Crippen molar-refractivity contribution in [1.82, 2.24) is 0 Å². The Kier molecular flexibility index (Phi) is 4.19. The predicted octanol–water partition coefficient (Wildman–Crippen LogP) is 2.74. The van der Waals surface area contributed by atoms with E-state index in [-0.39, 0.29) is 17.2 Å². The van der Waals surface area contributed by atoms with E-state index in [0.717, 1.165) is 0 Å². The summed E-state index contributed by atoms with van der Waals surface area (Å²) in [6, 6.07) is 7.05. The van der Waals surface area contributed by atoms with Crippen LogP contribution in [0.1, 0.15) is 13.8 Å². The lowest BCUT2D eigenvalue weighted by Gasteiger charge is -2.04. The molecule has 0 aromatic heterocycles. The number of hydrazone groups is 1. The van der Waals surface area contributed by atoms with Crippen molar-refractivity contribution in [3.05, 3.63) is 29.3 Å². The number of nitrogens with one attached hydrogen (secondary N) is 2. The molecule has 0 unspecified atom stereocenters. The molecular formula is C11H12ClN3O. The quantitative estimate of drug-likeness (QED) is 0.625. The van der Waals surface area contributed by atoms with Gasteiger partial charge in [-0.25, -0.2) is 0 Å². The number of hydrogen-bond donors (Lipinski definition) is 2. The Morgan fingerprint density at radius 2 is 2.00 bits per heavy atom. The first-order chi connectivity index (χ1) is 7.52. The highest BCUT2D eigenvalue weighted by atomic mass is 35.5. The fourth-order valence-corrected chi connectivity index (χ4v) is 1.27. The highest BCUT2D eigenvalue weighted by Crippen LogP contribution is 2.20. The van der Waals surface area contributed by atoms with Crippen LogP contribution in [0.25, 0.3) is 0 Å². The molecule has 16 heavy (non-hydrogen) atoms. The van der Waals surface area contributed by atoms with E-state index in [1.54, 1.807) is 24.3 Å². The van der Waals surface area contributed by atoms with E-state index in [9.17, 15) is 4.79 Å². The molecule has 2 N–H and O–H groups in total. The zero-order valence-corrected chi connectivity index (χ0v) is 9.80. The maximum Gasteiger partial charge on any atom is 0.181 e. The minimum Gasteiger partial charge on any atom is -0.303 e. The summed E-state index contributed by atoms with van der Waals surface area (Å²) in [4.78, 5) is 11.1. The molecule has 84 valence electrons. The maximum absolute atomic E-state index is 11.1. The molecule has 0 aliphatic carbocycles. The summed E-state index contributed by atoms with van der Waals surface area (Å²) in [7, 11) is 0. The molecule has 0 aliphatic rings. The Morgan fingerprint density at radius 3 is 2.50 bits per heavy atom. The molecule has 5 heteroatoms. The number of ketones is 1. The third kappa shape index (κ3) is 3.17. The van der Waals surface area contributed by atoms with Crippen LogP contribution in [-0.4, -0.2) is 17.2 Å². The molecule has 0 spiro atoms. The van der Waals surface area contributed by atoms with E-state index in [4.69, 9.17) is 17.0 Å². The van der Waals surface area contributed by atoms with Crippen LogP contribution in [0.2, 0.25) is 5.02 Å². The van der Waals surface area contributed by atoms with Gasteiger partial charge in [-0.05, 0) is 19.1 Å². The van der Waals surface area contributed by atoms with E-state index < -0.39 is 0 Å². The summed E-state index contributed by atoms with van der Waals surface area (Å²) in [6.45, 7) is 2.87. The highest BCUT2D eigenvalue weighted by Gasteiger charge is 2.08. The molecule has 0 bridgehead atoms. The highest BCUT2D eigenvalue weighted by molar-refractivity contribution is 6.66. The van der Waals surface area contributed by atoms with Gasteiger partial charge in [-0.15, -0.1) is 0 Å². The lowest BCUT2D eigenvalue weighted by atomic mass is 10.2. The number of benzene rings is 1. The number of halogens is 1. The molecule has 0 radical (unpaired) electrons. The number of rotatable bonds is 4. The topological polar surface area (TPSA) is 65.3 Å². The standard InChI is InChI=1S/C11H12ClN3O/c1-7(13)11(8(2)16)15-14-10-6-4-3-5-9(10)12/h3-6,13-14H,1-2H3/b13-7?,15-11+. The fourth-order valence-electron chi connectivity index (χ4n) is 1.09. The number of carbonyl (C=O) groups is 1. The largest absolute Gasteiger partial charge is 0.303 e. The van der Waals surface area contributed by atoms with Crippen molar-refractivity contribution in [2.75, 3.05) is 5.43 Å². The van der Waals surface area contributed by atoms with E-state index in [1.165, 1.54) is 13.8 Å². The number of para-hydroxylation sites is 1. The number of anilines is 1. The Morgan fingerprint density at radius 1 is 1.38 bits per heavy atom. The van der Waals surface area contributed by atoms with Crippen LogP contribution in [0, 0.1) is 5.41 Å². The Balaban J connectivity index is 2.90. The van der Waals surface area contributed by atoms with Crippen molar-refractivity contribution < 1.29 is 4.79 Å². The molecule has 0 heterocycles.